The Kier molecular flexibility index (Phi) is 2.51. The van der Waals surface area contributed by atoms with Crippen molar-refractivity contribution < 1.29 is 4.42 Å². The van der Waals surface area contributed by atoms with Crippen molar-refractivity contribution in [2.24, 2.45) is 5.92 Å². The molecule has 0 spiro atoms. The lowest BCUT2D eigenvalue weighted by molar-refractivity contribution is 0.416. The van der Waals surface area contributed by atoms with Crippen molar-refractivity contribution in [3.8, 4) is 0 Å². The first-order valence-corrected chi connectivity index (χ1v) is 5.45. The number of hydrogen-bond acceptors (Lipinski definition) is 2. The van der Waals surface area contributed by atoms with Crippen LogP contribution < -0.4 is 0 Å². The first-order valence-electron chi connectivity index (χ1n) is 5.45. The van der Waals surface area contributed by atoms with E-state index in [1.54, 1.807) is 0 Å². The lowest BCUT2D eigenvalue weighted by Crippen LogP contribution is -2.01. The van der Waals surface area contributed by atoms with Crippen LogP contribution in [0.3, 0.4) is 0 Å². The van der Waals surface area contributed by atoms with Crippen LogP contribution in [0, 0.1) is 12.8 Å². The number of aromatic nitrogens is 1. The Hall–Kier alpha value is -1.31. The molecule has 80 valence electrons. The van der Waals surface area contributed by atoms with Gasteiger partial charge < -0.3 is 4.42 Å². The topological polar surface area (TPSA) is 26.0 Å². The van der Waals surface area contributed by atoms with Crippen LogP contribution >= 0.6 is 0 Å². The molecule has 2 heteroatoms. The SMILES string of the molecule is Cc1ccc2nc(C(C)C(C)C)oc2c1. The number of benzene rings is 1. The summed E-state index contributed by atoms with van der Waals surface area (Å²) in [5, 5.41) is 0. The summed E-state index contributed by atoms with van der Waals surface area (Å²) in [6, 6.07) is 6.12. The molecule has 0 fully saturated rings. The van der Waals surface area contributed by atoms with Gasteiger partial charge in [-0.3, -0.25) is 0 Å². The van der Waals surface area contributed by atoms with Crippen molar-refractivity contribution in [1.82, 2.24) is 4.98 Å². The molecule has 2 nitrogen and oxygen atoms in total. The van der Waals surface area contributed by atoms with E-state index < -0.39 is 0 Å². The highest BCUT2D eigenvalue weighted by atomic mass is 16.3. The van der Waals surface area contributed by atoms with Crippen LogP contribution in [-0.4, -0.2) is 4.98 Å². The quantitative estimate of drug-likeness (QED) is 0.740. The molecule has 1 atom stereocenters. The summed E-state index contributed by atoms with van der Waals surface area (Å²) < 4.78 is 5.76. The smallest absolute Gasteiger partial charge is 0.198 e. The number of hydrogen-bond donors (Lipinski definition) is 0. The molecule has 15 heavy (non-hydrogen) atoms. The Labute approximate surface area is 90.3 Å². The maximum absolute atomic E-state index is 5.76. The van der Waals surface area contributed by atoms with Crippen molar-refractivity contribution in [2.45, 2.75) is 33.6 Å². The second kappa shape index (κ2) is 3.69. The Bertz CT molecular complexity index is 470. The monoisotopic (exact) mass is 203 g/mol. The molecule has 1 aromatic heterocycles. The standard InChI is InChI=1S/C13H17NO/c1-8(2)10(4)13-14-11-6-5-9(3)7-12(11)15-13/h5-8,10H,1-4H3. The van der Waals surface area contributed by atoms with E-state index >= 15 is 0 Å². The zero-order valence-electron chi connectivity index (χ0n) is 9.74. The normalized spacial score (nSPS) is 13.7. The molecule has 1 aromatic carbocycles. The molecule has 0 radical (unpaired) electrons. The zero-order chi connectivity index (χ0) is 11.0. The minimum Gasteiger partial charge on any atom is -0.440 e. The lowest BCUT2D eigenvalue weighted by Gasteiger charge is -2.09. The van der Waals surface area contributed by atoms with E-state index in [9.17, 15) is 0 Å². The van der Waals surface area contributed by atoms with Crippen LogP contribution in [0.4, 0.5) is 0 Å². The van der Waals surface area contributed by atoms with Crippen molar-refractivity contribution in [2.75, 3.05) is 0 Å². The van der Waals surface area contributed by atoms with Crippen LogP contribution in [0.1, 0.15) is 38.1 Å². The van der Waals surface area contributed by atoms with Crippen LogP contribution in [0.25, 0.3) is 11.1 Å². The van der Waals surface area contributed by atoms with Gasteiger partial charge in [-0.2, -0.15) is 0 Å². The molecule has 0 N–H and O–H groups in total. The van der Waals surface area contributed by atoms with Crippen molar-refractivity contribution in [3.63, 3.8) is 0 Å². The highest BCUT2D eigenvalue weighted by Gasteiger charge is 2.16. The summed E-state index contributed by atoms with van der Waals surface area (Å²) in [5.74, 6) is 1.78. The molecule has 2 rings (SSSR count). The fourth-order valence-electron chi connectivity index (χ4n) is 1.53. The lowest BCUT2D eigenvalue weighted by atomic mass is 9.98. The number of oxazole rings is 1. The largest absolute Gasteiger partial charge is 0.440 e. The Morgan fingerprint density at radius 2 is 1.93 bits per heavy atom. The van der Waals surface area contributed by atoms with Gasteiger partial charge in [0.2, 0.25) is 0 Å². The highest BCUT2D eigenvalue weighted by molar-refractivity contribution is 5.73. The van der Waals surface area contributed by atoms with Gasteiger partial charge in [-0.15, -0.1) is 0 Å². The van der Waals surface area contributed by atoms with Gasteiger partial charge in [0.05, 0.1) is 0 Å². The Balaban J connectivity index is 2.47. The molecule has 0 aliphatic heterocycles. The maximum atomic E-state index is 5.76. The number of fused-ring (bicyclic) bond motifs is 1. The third-order valence-electron chi connectivity index (χ3n) is 2.95. The first kappa shape index (κ1) is 10.2. The molecule has 1 heterocycles. The predicted octanol–water partition coefficient (Wildman–Crippen LogP) is 3.90. The van der Waals surface area contributed by atoms with Gasteiger partial charge in [-0.25, -0.2) is 4.98 Å². The fourth-order valence-corrected chi connectivity index (χ4v) is 1.53. The molecular formula is C13H17NO. The van der Waals surface area contributed by atoms with Gasteiger partial charge in [-0.05, 0) is 30.5 Å². The van der Waals surface area contributed by atoms with E-state index in [2.05, 4.69) is 38.7 Å². The summed E-state index contributed by atoms with van der Waals surface area (Å²) in [5.41, 5.74) is 3.07. The Morgan fingerprint density at radius 1 is 1.20 bits per heavy atom. The minimum absolute atomic E-state index is 0.373. The van der Waals surface area contributed by atoms with Crippen molar-refractivity contribution in [3.05, 3.63) is 29.7 Å². The van der Waals surface area contributed by atoms with Gasteiger partial charge in [0.25, 0.3) is 0 Å². The second-order valence-electron chi connectivity index (χ2n) is 4.56. The molecule has 1 unspecified atom stereocenters. The maximum Gasteiger partial charge on any atom is 0.198 e. The zero-order valence-corrected chi connectivity index (χ0v) is 9.74. The van der Waals surface area contributed by atoms with Crippen LogP contribution in [-0.2, 0) is 0 Å². The Morgan fingerprint density at radius 3 is 2.60 bits per heavy atom. The third-order valence-corrected chi connectivity index (χ3v) is 2.95. The van der Waals surface area contributed by atoms with Crippen LogP contribution in [0.15, 0.2) is 22.6 Å². The van der Waals surface area contributed by atoms with Crippen molar-refractivity contribution >= 4 is 11.1 Å². The molecule has 0 saturated heterocycles. The van der Waals surface area contributed by atoms with Gasteiger partial charge in [0, 0.05) is 5.92 Å². The average Bonchev–Trinajstić information content (AvgIpc) is 2.58. The highest BCUT2D eigenvalue weighted by Crippen LogP contribution is 2.26. The van der Waals surface area contributed by atoms with E-state index in [1.165, 1.54) is 5.56 Å². The summed E-state index contributed by atoms with van der Waals surface area (Å²) >= 11 is 0. The molecule has 0 aliphatic carbocycles. The summed E-state index contributed by atoms with van der Waals surface area (Å²) in [4.78, 5) is 4.51. The van der Waals surface area contributed by atoms with E-state index in [0.29, 0.717) is 11.8 Å². The van der Waals surface area contributed by atoms with Gasteiger partial charge in [-0.1, -0.05) is 26.8 Å². The minimum atomic E-state index is 0.373. The summed E-state index contributed by atoms with van der Waals surface area (Å²) in [7, 11) is 0. The predicted molar refractivity (Wildman–Crippen MR) is 62.0 cm³/mol. The number of aryl methyl sites for hydroxylation is 1. The molecule has 0 amide bonds. The first-order chi connectivity index (χ1) is 7.08. The molecular weight excluding hydrogens is 186 g/mol. The number of rotatable bonds is 2. The van der Waals surface area contributed by atoms with E-state index in [-0.39, 0.29) is 0 Å². The van der Waals surface area contributed by atoms with Crippen LogP contribution in [0.5, 0.6) is 0 Å². The van der Waals surface area contributed by atoms with E-state index in [4.69, 9.17) is 4.42 Å². The average molecular weight is 203 g/mol. The summed E-state index contributed by atoms with van der Waals surface area (Å²) in [6.07, 6.45) is 0. The van der Waals surface area contributed by atoms with Gasteiger partial charge >= 0.3 is 0 Å². The third kappa shape index (κ3) is 1.89. The van der Waals surface area contributed by atoms with Gasteiger partial charge in [0.1, 0.15) is 5.52 Å². The fraction of sp³-hybridized carbons (Fsp3) is 0.462. The molecule has 0 aliphatic rings. The van der Waals surface area contributed by atoms with Crippen LogP contribution in [0.2, 0.25) is 0 Å². The molecule has 2 aromatic rings. The molecule has 0 saturated carbocycles. The number of nitrogens with zero attached hydrogens (tertiary/aromatic N) is 1. The van der Waals surface area contributed by atoms with E-state index in [1.807, 2.05) is 12.1 Å². The van der Waals surface area contributed by atoms with E-state index in [0.717, 1.165) is 17.0 Å². The summed E-state index contributed by atoms with van der Waals surface area (Å²) in [6.45, 7) is 8.59. The van der Waals surface area contributed by atoms with Crippen molar-refractivity contribution in [1.29, 1.82) is 0 Å². The second-order valence-corrected chi connectivity index (χ2v) is 4.56. The molecule has 0 bridgehead atoms. The van der Waals surface area contributed by atoms with Gasteiger partial charge in [0.15, 0.2) is 11.5 Å².